The summed E-state index contributed by atoms with van der Waals surface area (Å²) in [6.07, 6.45) is 3.47. The number of nitrogens with zero attached hydrogens (tertiary/aromatic N) is 2. The van der Waals surface area contributed by atoms with E-state index < -0.39 is 0 Å². The van der Waals surface area contributed by atoms with Gasteiger partial charge in [0.05, 0.1) is 20.8 Å². The monoisotopic (exact) mass is 348 g/mol. The van der Waals surface area contributed by atoms with Crippen LogP contribution in [0.5, 0.6) is 11.5 Å². The van der Waals surface area contributed by atoms with E-state index in [-0.39, 0.29) is 5.91 Å². The zero-order valence-electron chi connectivity index (χ0n) is 14.8. The van der Waals surface area contributed by atoms with Crippen LogP contribution in [-0.2, 0) is 6.54 Å². The molecule has 0 spiro atoms. The highest BCUT2D eigenvalue weighted by atomic mass is 16.5. The molecule has 0 N–H and O–H groups in total. The van der Waals surface area contributed by atoms with Gasteiger partial charge in [-0.3, -0.25) is 9.78 Å². The van der Waals surface area contributed by atoms with E-state index in [1.807, 2.05) is 42.5 Å². The zero-order valence-corrected chi connectivity index (χ0v) is 14.8. The fourth-order valence-corrected chi connectivity index (χ4v) is 2.65. The summed E-state index contributed by atoms with van der Waals surface area (Å²) in [6.45, 7) is 0.413. The normalized spacial score (nSPS) is 10.2. The Kier molecular flexibility index (Phi) is 5.49. The van der Waals surface area contributed by atoms with Gasteiger partial charge in [0.25, 0.3) is 5.91 Å². The summed E-state index contributed by atoms with van der Waals surface area (Å²) >= 11 is 0. The number of carbonyl (C=O) groups excluding carboxylic acids is 1. The topological polar surface area (TPSA) is 51.7 Å². The van der Waals surface area contributed by atoms with Crippen LogP contribution in [0.15, 0.2) is 73.1 Å². The van der Waals surface area contributed by atoms with Gasteiger partial charge in [-0.1, -0.05) is 24.3 Å². The molecule has 0 radical (unpaired) electrons. The third-order valence-electron chi connectivity index (χ3n) is 3.97. The van der Waals surface area contributed by atoms with Gasteiger partial charge < -0.3 is 14.4 Å². The lowest BCUT2D eigenvalue weighted by atomic mass is 10.1. The maximum absolute atomic E-state index is 13.3. The number of aromatic nitrogens is 1. The molecule has 0 fully saturated rings. The van der Waals surface area contributed by atoms with Crippen LogP contribution in [0.4, 0.5) is 5.69 Å². The first kappa shape index (κ1) is 17.5. The van der Waals surface area contributed by atoms with E-state index in [0.717, 1.165) is 11.3 Å². The van der Waals surface area contributed by atoms with Crippen LogP contribution in [0.2, 0.25) is 0 Å². The lowest BCUT2D eigenvalue weighted by molar-refractivity contribution is 0.0984. The Bertz CT molecular complexity index is 845. The summed E-state index contributed by atoms with van der Waals surface area (Å²) in [6, 6.07) is 18.5. The van der Waals surface area contributed by atoms with Crippen LogP contribution in [-0.4, -0.2) is 25.1 Å². The van der Waals surface area contributed by atoms with Crippen molar-refractivity contribution in [1.29, 1.82) is 0 Å². The van der Waals surface area contributed by atoms with Gasteiger partial charge in [0.15, 0.2) is 0 Å². The van der Waals surface area contributed by atoms with Gasteiger partial charge in [-0.2, -0.15) is 0 Å². The predicted octanol–water partition coefficient (Wildman–Crippen LogP) is 3.95. The van der Waals surface area contributed by atoms with Crippen LogP contribution in [0.1, 0.15) is 15.9 Å². The van der Waals surface area contributed by atoms with Crippen LogP contribution < -0.4 is 14.4 Å². The van der Waals surface area contributed by atoms with E-state index in [1.165, 1.54) is 0 Å². The molecule has 2 aromatic carbocycles. The van der Waals surface area contributed by atoms with Gasteiger partial charge in [0.2, 0.25) is 0 Å². The van der Waals surface area contributed by atoms with Gasteiger partial charge >= 0.3 is 0 Å². The zero-order chi connectivity index (χ0) is 18.4. The van der Waals surface area contributed by atoms with E-state index >= 15 is 0 Å². The summed E-state index contributed by atoms with van der Waals surface area (Å²) in [4.78, 5) is 19.1. The number of carbonyl (C=O) groups is 1. The minimum Gasteiger partial charge on any atom is -0.497 e. The Morgan fingerprint density at radius 2 is 1.65 bits per heavy atom. The van der Waals surface area contributed by atoms with Crippen LogP contribution >= 0.6 is 0 Å². The Labute approximate surface area is 152 Å². The lowest BCUT2D eigenvalue weighted by Crippen LogP contribution is -2.30. The summed E-state index contributed by atoms with van der Waals surface area (Å²) in [7, 11) is 3.13. The Morgan fingerprint density at radius 3 is 2.23 bits per heavy atom. The fraction of sp³-hybridized carbons (Fsp3) is 0.143. The molecule has 0 saturated carbocycles. The molecule has 3 rings (SSSR count). The van der Waals surface area contributed by atoms with Crippen molar-refractivity contribution in [3.05, 3.63) is 84.2 Å². The third-order valence-corrected chi connectivity index (χ3v) is 3.97. The molecular formula is C21H20N2O3. The first-order valence-corrected chi connectivity index (χ1v) is 8.20. The van der Waals surface area contributed by atoms with Crippen molar-refractivity contribution < 1.29 is 14.3 Å². The van der Waals surface area contributed by atoms with Crippen molar-refractivity contribution in [3.63, 3.8) is 0 Å². The quantitative estimate of drug-likeness (QED) is 0.677. The van der Waals surface area contributed by atoms with Gasteiger partial charge in [-0.05, 0) is 35.9 Å². The van der Waals surface area contributed by atoms with Gasteiger partial charge in [-0.25, -0.2) is 0 Å². The lowest BCUT2D eigenvalue weighted by Gasteiger charge is -2.23. The highest BCUT2D eigenvalue weighted by Crippen LogP contribution is 2.26. The van der Waals surface area contributed by atoms with Crippen molar-refractivity contribution in [2.75, 3.05) is 19.1 Å². The molecule has 26 heavy (non-hydrogen) atoms. The average molecular weight is 348 g/mol. The largest absolute Gasteiger partial charge is 0.497 e. The van der Waals surface area contributed by atoms with E-state index in [0.29, 0.717) is 23.6 Å². The molecule has 0 aliphatic rings. The number of hydrogen-bond donors (Lipinski definition) is 0. The molecule has 1 amide bonds. The fourth-order valence-electron chi connectivity index (χ4n) is 2.65. The van der Waals surface area contributed by atoms with E-state index in [9.17, 15) is 4.79 Å². The van der Waals surface area contributed by atoms with E-state index in [1.54, 1.807) is 49.7 Å². The molecule has 0 bridgehead atoms. The number of pyridine rings is 1. The molecule has 3 aromatic rings. The molecule has 5 heteroatoms. The standard InChI is InChI=1S/C21H20N2O3/c1-25-19-11-17(12-20(13-19)26-2)21(24)23(18-8-4-3-5-9-18)15-16-7-6-10-22-14-16/h3-14H,15H2,1-2H3. The van der Waals surface area contributed by atoms with Crippen molar-refractivity contribution in [2.45, 2.75) is 6.54 Å². The maximum atomic E-state index is 13.3. The molecular weight excluding hydrogens is 328 g/mol. The summed E-state index contributed by atoms with van der Waals surface area (Å²) < 4.78 is 10.6. The molecule has 0 aliphatic carbocycles. The minimum atomic E-state index is -0.141. The summed E-state index contributed by atoms with van der Waals surface area (Å²) in [5.41, 5.74) is 2.25. The SMILES string of the molecule is COc1cc(OC)cc(C(=O)N(Cc2cccnc2)c2ccccc2)c1. The number of rotatable bonds is 6. The predicted molar refractivity (Wildman–Crippen MR) is 101 cm³/mol. The number of amides is 1. The Balaban J connectivity index is 2.00. The highest BCUT2D eigenvalue weighted by Gasteiger charge is 2.20. The van der Waals surface area contributed by atoms with Gasteiger partial charge in [-0.15, -0.1) is 0 Å². The first-order chi connectivity index (χ1) is 12.7. The van der Waals surface area contributed by atoms with Crippen LogP contribution in [0, 0.1) is 0 Å². The second-order valence-corrected chi connectivity index (χ2v) is 5.69. The number of hydrogen-bond acceptors (Lipinski definition) is 4. The molecule has 0 unspecified atom stereocenters. The summed E-state index contributed by atoms with van der Waals surface area (Å²) in [5.74, 6) is 1.00. The highest BCUT2D eigenvalue weighted by molar-refractivity contribution is 6.06. The second kappa shape index (κ2) is 8.16. The van der Waals surface area contributed by atoms with Crippen LogP contribution in [0.25, 0.3) is 0 Å². The molecule has 0 aliphatic heterocycles. The smallest absolute Gasteiger partial charge is 0.258 e. The number of methoxy groups -OCH3 is 2. The molecule has 1 aromatic heterocycles. The Hall–Kier alpha value is -3.34. The third kappa shape index (κ3) is 4.00. The molecule has 132 valence electrons. The van der Waals surface area contributed by atoms with Crippen molar-refractivity contribution in [2.24, 2.45) is 0 Å². The average Bonchev–Trinajstić information content (AvgIpc) is 2.72. The minimum absolute atomic E-state index is 0.141. The number of ether oxygens (including phenoxy) is 2. The molecule has 5 nitrogen and oxygen atoms in total. The number of anilines is 1. The van der Waals surface area contributed by atoms with Gasteiger partial charge in [0.1, 0.15) is 11.5 Å². The Morgan fingerprint density at radius 1 is 0.962 bits per heavy atom. The first-order valence-electron chi connectivity index (χ1n) is 8.20. The van der Waals surface area contributed by atoms with Gasteiger partial charge in [0, 0.05) is 29.7 Å². The van der Waals surface area contributed by atoms with Crippen molar-refractivity contribution >= 4 is 11.6 Å². The molecule has 1 heterocycles. The molecule has 0 saturated heterocycles. The molecule has 0 atom stereocenters. The van der Waals surface area contributed by atoms with Crippen molar-refractivity contribution in [3.8, 4) is 11.5 Å². The van der Waals surface area contributed by atoms with Crippen LogP contribution in [0.3, 0.4) is 0 Å². The second-order valence-electron chi connectivity index (χ2n) is 5.69. The maximum Gasteiger partial charge on any atom is 0.258 e. The number of benzene rings is 2. The van der Waals surface area contributed by atoms with Crippen molar-refractivity contribution in [1.82, 2.24) is 4.98 Å². The van der Waals surface area contributed by atoms with E-state index in [4.69, 9.17) is 9.47 Å². The summed E-state index contributed by atoms with van der Waals surface area (Å²) in [5, 5.41) is 0. The number of para-hydroxylation sites is 1. The van der Waals surface area contributed by atoms with E-state index in [2.05, 4.69) is 4.98 Å².